The third-order valence-corrected chi connectivity index (χ3v) is 15.3. The molecule has 0 fully saturated rings. The van der Waals surface area contributed by atoms with Crippen molar-refractivity contribution in [1.29, 1.82) is 0 Å². The Kier molecular flexibility index (Phi) is 56.6. The molecule has 0 aromatic carbocycles. The van der Waals surface area contributed by atoms with Gasteiger partial charge in [-0.05, 0) is 77.0 Å². The molecule has 0 spiro atoms. The number of carbonyl (C=O) groups excluding carboxylic acids is 1. The molecule has 0 aliphatic heterocycles. The minimum Gasteiger partial charge on any atom is -0.387 e. The topological polar surface area (TPSA) is 105 Å². The summed E-state index contributed by atoms with van der Waals surface area (Å²) in [6, 6.07) is -0.868. The van der Waals surface area contributed by atoms with Crippen molar-refractivity contribution in [2.75, 3.05) is 40.9 Å². The Labute approximate surface area is 477 Å². The van der Waals surface area contributed by atoms with E-state index in [1.165, 1.54) is 199 Å². The summed E-state index contributed by atoms with van der Waals surface area (Å²) in [6.07, 6.45) is 82.8. The van der Waals surface area contributed by atoms with E-state index >= 15 is 0 Å². The lowest BCUT2D eigenvalue weighted by molar-refractivity contribution is -0.870. The van der Waals surface area contributed by atoms with E-state index in [-0.39, 0.29) is 19.1 Å². The molecular weight excluding hydrogens is 972 g/mol. The van der Waals surface area contributed by atoms with Gasteiger partial charge < -0.3 is 19.8 Å². The lowest BCUT2D eigenvalue weighted by Gasteiger charge is -2.25. The summed E-state index contributed by atoms with van der Waals surface area (Å²) in [5, 5.41) is 14.0. The summed E-state index contributed by atoms with van der Waals surface area (Å²) >= 11 is 0. The van der Waals surface area contributed by atoms with Crippen molar-refractivity contribution in [1.82, 2.24) is 5.32 Å². The molecular formula is C68H126N2O6P+. The predicted molar refractivity (Wildman–Crippen MR) is 336 cm³/mol. The molecule has 3 atom stereocenters. The molecule has 0 saturated heterocycles. The quantitative estimate of drug-likeness (QED) is 0.0243. The zero-order valence-corrected chi connectivity index (χ0v) is 52.1. The van der Waals surface area contributed by atoms with Gasteiger partial charge in [0.25, 0.3) is 0 Å². The second-order valence-electron chi connectivity index (χ2n) is 23.1. The number of unbranched alkanes of at least 4 members (excludes halogenated alkanes) is 34. The standard InChI is InChI=1S/C68H125N2O6P/c1-6-8-10-12-14-16-18-20-22-24-26-28-30-32-33-34-35-36-37-38-40-42-44-46-48-50-52-54-56-58-60-62-68(72)69-66(65-76-77(73,74)75-64-63-70(3,4)5)67(71)61-59-57-55-53-51-49-47-45-43-41-39-31-29-27-25-23-21-19-17-15-13-11-9-7-2/h8,10,14,16,20,22,26,28,32-33,51,53,59,61,66-67,71H,6-7,9,11-13,15,17-19,21,23-25,27,29-31,34-50,52,54-58,60,62-65H2,1-5H3,(H-,69,72,73,74)/p+1/b10-8-,16-14-,22-20-,28-26-,33-32-,53-51+,61-59+. The molecule has 0 aliphatic carbocycles. The Balaban J connectivity index is 4.15. The van der Waals surface area contributed by atoms with Crippen LogP contribution in [0.3, 0.4) is 0 Å². The van der Waals surface area contributed by atoms with E-state index in [2.05, 4.69) is 92.1 Å². The Morgan fingerprint density at radius 2 is 0.792 bits per heavy atom. The number of hydrogen-bond donors (Lipinski definition) is 3. The SMILES string of the molecule is CC/C=C\C/C=C\C/C=C\C/C=C\C/C=C\CCCCCCCCCCCCCCCCCC(=O)NC(COP(=O)(O)OCC[N+](C)(C)C)C(O)/C=C/CC/C=C/CCCCCCCCCCCCCCCCCCCC. The van der Waals surface area contributed by atoms with E-state index in [0.717, 1.165) is 70.6 Å². The Morgan fingerprint density at radius 1 is 0.455 bits per heavy atom. The van der Waals surface area contributed by atoms with Crippen molar-refractivity contribution in [3.8, 4) is 0 Å². The summed E-state index contributed by atoms with van der Waals surface area (Å²) in [4.78, 5) is 23.4. The van der Waals surface area contributed by atoms with Crippen LogP contribution in [0.4, 0.5) is 0 Å². The van der Waals surface area contributed by atoms with Gasteiger partial charge in [-0.3, -0.25) is 13.8 Å². The van der Waals surface area contributed by atoms with E-state index < -0.39 is 20.0 Å². The van der Waals surface area contributed by atoms with Crippen LogP contribution in [0, 0.1) is 0 Å². The number of phosphoric acid groups is 1. The van der Waals surface area contributed by atoms with Crippen LogP contribution in [0.5, 0.6) is 0 Å². The number of aliphatic hydroxyl groups excluding tert-OH is 1. The van der Waals surface area contributed by atoms with E-state index in [4.69, 9.17) is 9.05 Å². The largest absolute Gasteiger partial charge is 0.472 e. The first-order valence-electron chi connectivity index (χ1n) is 32.5. The third-order valence-electron chi connectivity index (χ3n) is 14.3. The second kappa shape index (κ2) is 58.3. The van der Waals surface area contributed by atoms with Gasteiger partial charge in [-0.15, -0.1) is 0 Å². The molecule has 448 valence electrons. The number of amides is 1. The minimum absolute atomic E-state index is 0.0541. The zero-order chi connectivity index (χ0) is 56.3. The Hall–Kier alpha value is -2.32. The maximum atomic E-state index is 13.0. The highest BCUT2D eigenvalue weighted by molar-refractivity contribution is 7.47. The summed E-state index contributed by atoms with van der Waals surface area (Å²) in [5.41, 5.74) is 0. The molecule has 1 amide bonds. The molecule has 0 bridgehead atoms. The molecule has 8 nitrogen and oxygen atoms in total. The number of phosphoric ester groups is 1. The first kappa shape index (κ1) is 74.7. The smallest absolute Gasteiger partial charge is 0.387 e. The normalized spacial score (nSPS) is 14.3. The fourth-order valence-electron chi connectivity index (χ4n) is 9.32. The van der Waals surface area contributed by atoms with Crippen molar-refractivity contribution in [3.05, 3.63) is 85.1 Å². The highest BCUT2D eigenvalue weighted by atomic mass is 31.2. The van der Waals surface area contributed by atoms with Gasteiger partial charge in [0.2, 0.25) is 5.91 Å². The zero-order valence-electron chi connectivity index (χ0n) is 51.2. The maximum absolute atomic E-state index is 13.0. The monoisotopic (exact) mass is 1100 g/mol. The summed E-state index contributed by atoms with van der Waals surface area (Å²) in [5.74, 6) is -0.186. The fraction of sp³-hybridized carbons (Fsp3) is 0.779. The van der Waals surface area contributed by atoms with Crippen molar-refractivity contribution >= 4 is 13.7 Å². The summed E-state index contributed by atoms with van der Waals surface area (Å²) in [7, 11) is 1.56. The van der Waals surface area contributed by atoms with Crippen molar-refractivity contribution in [3.63, 3.8) is 0 Å². The molecule has 0 rings (SSSR count). The fourth-order valence-corrected chi connectivity index (χ4v) is 10.1. The van der Waals surface area contributed by atoms with Crippen molar-refractivity contribution < 1.29 is 32.9 Å². The predicted octanol–water partition coefficient (Wildman–Crippen LogP) is 20.4. The van der Waals surface area contributed by atoms with E-state index in [9.17, 15) is 19.4 Å². The van der Waals surface area contributed by atoms with Gasteiger partial charge in [0.1, 0.15) is 13.2 Å². The van der Waals surface area contributed by atoms with Gasteiger partial charge in [-0.2, -0.15) is 0 Å². The van der Waals surface area contributed by atoms with Gasteiger partial charge in [-0.1, -0.05) is 292 Å². The third kappa shape index (κ3) is 61.2. The second-order valence-corrected chi connectivity index (χ2v) is 24.6. The Bertz CT molecular complexity index is 1530. The lowest BCUT2D eigenvalue weighted by atomic mass is 10.0. The number of quaternary nitrogens is 1. The number of aliphatic hydroxyl groups is 1. The number of allylic oxidation sites excluding steroid dienone is 13. The highest BCUT2D eigenvalue weighted by Gasteiger charge is 2.27. The van der Waals surface area contributed by atoms with Gasteiger partial charge >= 0.3 is 7.82 Å². The van der Waals surface area contributed by atoms with Crippen molar-refractivity contribution in [2.24, 2.45) is 0 Å². The van der Waals surface area contributed by atoms with Crippen LogP contribution in [0.25, 0.3) is 0 Å². The van der Waals surface area contributed by atoms with Crippen LogP contribution in [-0.2, 0) is 18.4 Å². The van der Waals surface area contributed by atoms with Crippen molar-refractivity contribution in [2.45, 2.75) is 302 Å². The van der Waals surface area contributed by atoms with Gasteiger partial charge in [0, 0.05) is 6.42 Å². The van der Waals surface area contributed by atoms with Crippen LogP contribution in [0.15, 0.2) is 85.1 Å². The van der Waals surface area contributed by atoms with Gasteiger partial charge in [0.05, 0.1) is 39.9 Å². The maximum Gasteiger partial charge on any atom is 0.472 e. The number of rotatable bonds is 59. The Morgan fingerprint density at radius 3 is 1.19 bits per heavy atom. The van der Waals surface area contributed by atoms with Crippen LogP contribution in [-0.4, -0.2) is 73.4 Å². The molecule has 0 aliphatic rings. The summed E-state index contributed by atoms with van der Waals surface area (Å²) in [6.45, 7) is 4.71. The molecule has 3 N–H and O–H groups in total. The molecule has 0 radical (unpaired) electrons. The molecule has 9 heteroatoms. The number of nitrogens with zero attached hydrogens (tertiary/aromatic N) is 1. The molecule has 3 unspecified atom stereocenters. The lowest BCUT2D eigenvalue weighted by Crippen LogP contribution is -2.45. The molecule has 0 aromatic rings. The van der Waals surface area contributed by atoms with Crippen LogP contribution in [0.1, 0.15) is 290 Å². The van der Waals surface area contributed by atoms with Crippen LogP contribution >= 0.6 is 7.82 Å². The molecule has 0 heterocycles. The van der Waals surface area contributed by atoms with E-state index in [1.807, 2.05) is 27.2 Å². The molecule has 77 heavy (non-hydrogen) atoms. The van der Waals surface area contributed by atoms with Crippen LogP contribution < -0.4 is 5.32 Å². The minimum atomic E-state index is -4.36. The number of carbonyl (C=O) groups is 1. The van der Waals surface area contributed by atoms with E-state index in [1.54, 1.807) is 6.08 Å². The number of hydrogen-bond acceptors (Lipinski definition) is 5. The first-order valence-corrected chi connectivity index (χ1v) is 34.0. The van der Waals surface area contributed by atoms with Gasteiger partial charge in [-0.25, -0.2) is 4.57 Å². The molecule has 0 aromatic heterocycles. The highest BCUT2D eigenvalue weighted by Crippen LogP contribution is 2.43. The van der Waals surface area contributed by atoms with E-state index in [0.29, 0.717) is 17.4 Å². The number of likely N-dealkylation sites (N-methyl/N-ethyl adjacent to an activating group) is 1. The average Bonchev–Trinajstić information content (AvgIpc) is 3.39. The summed E-state index contributed by atoms with van der Waals surface area (Å²) < 4.78 is 23.8. The average molecular weight is 1100 g/mol. The first-order chi connectivity index (χ1) is 37.5. The van der Waals surface area contributed by atoms with Gasteiger partial charge in [0.15, 0.2) is 0 Å². The molecule has 0 saturated carbocycles. The van der Waals surface area contributed by atoms with Crippen LogP contribution in [0.2, 0.25) is 0 Å². The number of nitrogens with one attached hydrogen (secondary N) is 1.